The van der Waals surface area contributed by atoms with E-state index in [0.29, 0.717) is 23.6 Å². The van der Waals surface area contributed by atoms with Crippen LogP contribution in [0.3, 0.4) is 0 Å². The van der Waals surface area contributed by atoms with E-state index in [1.54, 1.807) is 0 Å². The van der Waals surface area contributed by atoms with Crippen LogP contribution in [0.25, 0.3) is 0 Å². The molecule has 0 bridgehead atoms. The van der Waals surface area contributed by atoms with Gasteiger partial charge in [-0.1, -0.05) is 49.6 Å². The molecule has 1 aromatic carbocycles. The van der Waals surface area contributed by atoms with E-state index in [1.165, 1.54) is 0 Å². The Morgan fingerprint density at radius 2 is 2.00 bits per heavy atom. The zero-order valence-corrected chi connectivity index (χ0v) is 18.7. The first-order chi connectivity index (χ1) is 13.8. The zero-order chi connectivity index (χ0) is 21.4. The lowest BCUT2D eigenvalue weighted by Crippen LogP contribution is -2.36. The van der Waals surface area contributed by atoms with Gasteiger partial charge in [-0.2, -0.15) is 4.39 Å². The minimum atomic E-state index is -4.29. The number of thiazole rings is 1. The average molecular weight is 467 g/mol. The van der Waals surface area contributed by atoms with Gasteiger partial charge in [0.15, 0.2) is 10.3 Å². The molecule has 0 radical (unpaired) electrons. The van der Waals surface area contributed by atoms with Crippen molar-refractivity contribution in [3.63, 3.8) is 0 Å². The Morgan fingerprint density at radius 1 is 1.24 bits per heavy atom. The van der Waals surface area contributed by atoms with Crippen LogP contribution >= 0.6 is 22.9 Å². The van der Waals surface area contributed by atoms with E-state index in [4.69, 9.17) is 11.6 Å². The number of hydrogen-bond donors (Lipinski definition) is 3. The van der Waals surface area contributed by atoms with Gasteiger partial charge in [-0.15, -0.1) is 0 Å². The summed E-state index contributed by atoms with van der Waals surface area (Å²) in [5.41, 5.74) is 0.309. The van der Waals surface area contributed by atoms with Crippen LogP contribution in [0.5, 0.6) is 0 Å². The van der Waals surface area contributed by atoms with Gasteiger partial charge in [0.1, 0.15) is 10.7 Å². The molecule has 0 saturated carbocycles. The van der Waals surface area contributed by atoms with Crippen LogP contribution in [0.15, 0.2) is 23.2 Å². The maximum Gasteiger partial charge on any atom is 0.266 e. The number of nitrogens with zero attached hydrogens (tertiary/aromatic N) is 1. The molecule has 0 aliphatic heterocycles. The number of nitrogens with one attached hydrogen (secondary N) is 3. The van der Waals surface area contributed by atoms with Crippen LogP contribution < -0.4 is 15.4 Å². The summed E-state index contributed by atoms with van der Waals surface area (Å²) in [7, 11) is -4.29. The largest absolute Gasteiger partial charge is 0.382 e. The molecule has 0 spiro atoms. The molecule has 3 N–H and O–H groups in total. The highest BCUT2D eigenvalue weighted by Crippen LogP contribution is 2.30. The predicted molar refractivity (Wildman–Crippen MR) is 114 cm³/mol. The highest BCUT2D eigenvalue weighted by molar-refractivity contribution is 7.93. The summed E-state index contributed by atoms with van der Waals surface area (Å²) in [4.78, 5) is 2.94. The predicted octanol–water partition coefficient (Wildman–Crippen LogP) is 4.85. The lowest BCUT2D eigenvalue weighted by Gasteiger charge is -2.20. The summed E-state index contributed by atoms with van der Waals surface area (Å²) in [6, 6.07) is 2.28. The van der Waals surface area contributed by atoms with Crippen molar-refractivity contribution in [2.24, 2.45) is 0 Å². The van der Waals surface area contributed by atoms with Gasteiger partial charge in [-0.05, 0) is 31.5 Å². The normalized spacial score (nSPS) is 12.7. The van der Waals surface area contributed by atoms with Crippen molar-refractivity contribution in [2.75, 3.05) is 23.1 Å². The third kappa shape index (κ3) is 7.06. The standard InChI is InChI=1S/C18H25ClF2N4O2S2/c1-3-5-6-12(22-7-4-2)10-23-15-9-14(20)16(8-13(15)19)29(26,27)25-18-24-11-17(21)28-18/h8-9,11-12,22-23H,3-7,10H2,1-2H3,(H,24,25)/t12-/m0/s1. The van der Waals surface area contributed by atoms with Crippen molar-refractivity contribution in [2.45, 2.75) is 50.5 Å². The number of unbranched alkanes of at least 4 members (excludes halogenated alkanes) is 1. The summed E-state index contributed by atoms with van der Waals surface area (Å²) in [6.07, 6.45) is 4.97. The van der Waals surface area contributed by atoms with Crippen molar-refractivity contribution >= 4 is 43.8 Å². The van der Waals surface area contributed by atoms with Crippen LogP contribution in [0.4, 0.5) is 19.6 Å². The Labute approximate surface area is 179 Å². The Hall–Kier alpha value is -1.49. The maximum atomic E-state index is 14.5. The molecule has 0 aliphatic carbocycles. The molecule has 0 fully saturated rings. The molecule has 6 nitrogen and oxygen atoms in total. The molecule has 0 unspecified atom stereocenters. The van der Waals surface area contributed by atoms with Gasteiger partial charge in [-0.25, -0.2) is 17.8 Å². The molecule has 1 atom stereocenters. The molecule has 11 heteroatoms. The number of benzene rings is 1. The number of aromatic nitrogens is 1. The summed E-state index contributed by atoms with van der Waals surface area (Å²) >= 11 is 6.70. The first-order valence-corrected chi connectivity index (χ1v) is 12.0. The zero-order valence-electron chi connectivity index (χ0n) is 16.3. The molecule has 1 heterocycles. The number of halogens is 3. The average Bonchev–Trinajstić information content (AvgIpc) is 3.07. The first kappa shape index (κ1) is 23.8. The van der Waals surface area contributed by atoms with Crippen molar-refractivity contribution in [3.05, 3.63) is 34.3 Å². The Bertz CT molecular complexity index is 901. The molecule has 0 amide bonds. The topological polar surface area (TPSA) is 83.1 Å². The first-order valence-electron chi connectivity index (χ1n) is 9.37. The van der Waals surface area contributed by atoms with Gasteiger partial charge in [0.2, 0.25) is 0 Å². The highest BCUT2D eigenvalue weighted by atomic mass is 35.5. The summed E-state index contributed by atoms with van der Waals surface area (Å²) in [5, 5.41) is 5.75. The van der Waals surface area contributed by atoms with E-state index >= 15 is 0 Å². The van der Waals surface area contributed by atoms with Crippen LogP contribution in [0, 0.1) is 10.9 Å². The number of rotatable bonds is 12. The van der Waals surface area contributed by atoms with Crippen LogP contribution in [-0.4, -0.2) is 32.5 Å². The van der Waals surface area contributed by atoms with Gasteiger partial charge >= 0.3 is 0 Å². The molecule has 2 rings (SSSR count). The SMILES string of the molecule is CCCC[C@@H](CNc1cc(F)c(S(=O)(=O)Nc2ncc(F)s2)cc1Cl)NCCC. The molecule has 0 aliphatic rings. The van der Waals surface area contributed by atoms with E-state index in [2.05, 4.69) is 34.2 Å². The summed E-state index contributed by atoms with van der Waals surface area (Å²) in [6.45, 7) is 5.60. The third-order valence-corrected chi connectivity index (χ3v) is 6.64. The monoisotopic (exact) mass is 466 g/mol. The van der Waals surface area contributed by atoms with E-state index in [-0.39, 0.29) is 16.2 Å². The fraction of sp³-hybridized carbons (Fsp3) is 0.500. The molecule has 2 aromatic rings. The third-order valence-electron chi connectivity index (χ3n) is 4.14. The van der Waals surface area contributed by atoms with Gasteiger partial charge in [-0.3, -0.25) is 4.72 Å². The number of sulfonamides is 1. The molecular weight excluding hydrogens is 442 g/mol. The van der Waals surface area contributed by atoms with E-state index < -0.39 is 25.9 Å². The van der Waals surface area contributed by atoms with Crippen molar-refractivity contribution in [1.82, 2.24) is 10.3 Å². The fourth-order valence-electron chi connectivity index (χ4n) is 2.65. The highest BCUT2D eigenvalue weighted by Gasteiger charge is 2.23. The van der Waals surface area contributed by atoms with Gasteiger partial charge in [0.05, 0.1) is 16.9 Å². The Balaban J connectivity index is 2.13. The van der Waals surface area contributed by atoms with Gasteiger partial charge in [0, 0.05) is 12.6 Å². The fourth-order valence-corrected chi connectivity index (χ4v) is 4.82. The minimum Gasteiger partial charge on any atom is -0.382 e. The van der Waals surface area contributed by atoms with E-state index in [0.717, 1.165) is 50.6 Å². The number of anilines is 2. The van der Waals surface area contributed by atoms with Gasteiger partial charge in [0.25, 0.3) is 10.0 Å². The number of hydrogen-bond acceptors (Lipinski definition) is 6. The molecule has 0 saturated heterocycles. The van der Waals surface area contributed by atoms with Crippen LogP contribution in [-0.2, 0) is 10.0 Å². The summed E-state index contributed by atoms with van der Waals surface area (Å²) < 4.78 is 54.4. The lowest BCUT2D eigenvalue weighted by atomic mass is 10.1. The molecule has 29 heavy (non-hydrogen) atoms. The molecule has 1 aromatic heterocycles. The Morgan fingerprint density at radius 3 is 2.62 bits per heavy atom. The van der Waals surface area contributed by atoms with Crippen LogP contribution in [0.2, 0.25) is 5.02 Å². The quantitative estimate of drug-likeness (QED) is 0.416. The second-order valence-electron chi connectivity index (χ2n) is 6.51. The second-order valence-corrected chi connectivity index (χ2v) is 9.55. The van der Waals surface area contributed by atoms with Crippen molar-refractivity contribution < 1.29 is 17.2 Å². The lowest BCUT2D eigenvalue weighted by molar-refractivity contribution is 0.480. The maximum absolute atomic E-state index is 14.5. The molecule has 162 valence electrons. The van der Waals surface area contributed by atoms with Gasteiger partial charge < -0.3 is 10.6 Å². The smallest absolute Gasteiger partial charge is 0.266 e. The summed E-state index contributed by atoms with van der Waals surface area (Å²) in [5.74, 6) is -0.965. The van der Waals surface area contributed by atoms with E-state index in [9.17, 15) is 17.2 Å². The van der Waals surface area contributed by atoms with E-state index in [1.807, 2.05) is 0 Å². The van der Waals surface area contributed by atoms with Crippen molar-refractivity contribution in [1.29, 1.82) is 0 Å². The molecular formula is C18H25ClF2N4O2S2. The van der Waals surface area contributed by atoms with Crippen LogP contribution in [0.1, 0.15) is 39.5 Å². The minimum absolute atomic E-state index is 0.0711. The second kappa shape index (κ2) is 11.1. The van der Waals surface area contributed by atoms with Crippen molar-refractivity contribution in [3.8, 4) is 0 Å². The Kier molecular flexibility index (Phi) is 9.06.